The van der Waals surface area contributed by atoms with E-state index in [4.69, 9.17) is 4.74 Å². The van der Waals surface area contributed by atoms with Gasteiger partial charge in [0.1, 0.15) is 11.9 Å². The third-order valence-electron chi connectivity index (χ3n) is 1.91. The minimum absolute atomic E-state index is 0.445. The Bertz CT molecular complexity index is 241. The lowest BCUT2D eigenvalue weighted by molar-refractivity contribution is -0.116. The lowest BCUT2D eigenvalue weighted by Crippen LogP contribution is -2.50. The maximum absolute atomic E-state index is 11.7. The van der Waals surface area contributed by atoms with Crippen molar-refractivity contribution in [3.8, 4) is 0 Å². The van der Waals surface area contributed by atoms with E-state index in [2.05, 4.69) is 0 Å². The highest BCUT2D eigenvalue weighted by molar-refractivity contribution is 5.76. The Balaban J connectivity index is 4.70. The van der Waals surface area contributed by atoms with Gasteiger partial charge in [-0.1, -0.05) is 0 Å². The Kier molecular flexibility index (Phi) is 4.31. The Morgan fingerprint density at radius 2 is 1.73 bits per heavy atom. The number of carbonyl (C=O) groups is 2. The van der Waals surface area contributed by atoms with Gasteiger partial charge in [-0.25, -0.2) is 4.79 Å². The molecule has 0 N–H and O–H groups in total. The SMILES string of the molecule is CCN(C(=O)OC(C)(C)C)C(C)(C)C=O. The molecule has 0 atom stereocenters. The predicted molar refractivity (Wildman–Crippen MR) is 58.8 cm³/mol. The van der Waals surface area contributed by atoms with Crippen LogP contribution in [0.15, 0.2) is 0 Å². The van der Waals surface area contributed by atoms with Crippen molar-refractivity contribution in [2.75, 3.05) is 6.54 Å². The van der Waals surface area contributed by atoms with Crippen molar-refractivity contribution in [1.82, 2.24) is 4.90 Å². The van der Waals surface area contributed by atoms with Crippen LogP contribution in [0, 0.1) is 0 Å². The number of likely N-dealkylation sites (N-methyl/N-ethyl adjacent to an activating group) is 1. The molecule has 0 saturated carbocycles. The van der Waals surface area contributed by atoms with Gasteiger partial charge < -0.3 is 9.53 Å². The number of aldehydes is 1. The zero-order chi connectivity index (χ0) is 12.3. The molecule has 1 amide bonds. The number of nitrogens with zero attached hydrogens (tertiary/aromatic N) is 1. The number of rotatable bonds is 3. The van der Waals surface area contributed by atoms with Gasteiger partial charge in [0.05, 0.1) is 5.54 Å². The van der Waals surface area contributed by atoms with Crippen molar-refractivity contribution in [3.63, 3.8) is 0 Å². The van der Waals surface area contributed by atoms with E-state index in [1.807, 2.05) is 6.92 Å². The highest BCUT2D eigenvalue weighted by Crippen LogP contribution is 2.16. The van der Waals surface area contributed by atoms with Crippen molar-refractivity contribution in [2.24, 2.45) is 0 Å². The van der Waals surface area contributed by atoms with E-state index in [1.54, 1.807) is 34.6 Å². The fourth-order valence-corrected chi connectivity index (χ4v) is 1.15. The highest BCUT2D eigenvalue weighted by Gasteiger charge is 2.32. The van der Waals surface area contributed by atoms with Crippen LogP contribution in [0.4, 0.5) is 4.79 Å². The Morgan fingerprint density at radius 1 is 1.27 bits per heavy atom. The van der Waals surface area contributed by atoms with Crippen molar-refractivity contribution >= 4 is 12.4 Å². The van der Waals surface area contributed by atoms with E-state index in [0.717, 1.165) is 6.29 Å². The van der Waals surface area contributed by atoms with Crippen molar-refractivity contribution in [1.29, 1.82) is 0 Å². The Labute approximate surface area is 91.6 Å². The molecule has 0 radical (unpaired) electrons. The van der Waals surface area contributed by atoms with E-state index in [-0.39, 0.29) is 0 Å². The summed E-state index contributed by atoms with van der Waals surface area (Å²) < 4.78 is 5.21. The van der Waals surface area contributed by atoms with Gasteiger partial charge in [0.15, 0.2) is 0 Å². The molecule has 0 aliphatic rings. The number of carbonyl (C=O) groups excluding carboxylic acids is 2. The lowest BCUT2D eigenvalue weighted by atomic mass is 10.1. The first-order valence-corrected chi connectivity index (χ1v) is 5.11. The van der Waals surface area contributed by atoms with E-state index in [1.165, 1.54) is 4.90 Å². The molecule has 0 fully saturated rings. The van der Waals surface area contributed by atoms with Gasteiger partial charge in [-0.05, 0) is 41.5 Å². The summed E-state index contributed by atoms with van der Waals surface area (Å²) in [4.78, 5) is 24.0. The predicted octanol–water partition coefficient (Wildman–Crippen LogP) is 2.22. The first kappa shape index (κ1) is 13.9. The third-order valence-corrected chi connectivity index (χ3v) is 1.91. The van der Waals surface area contributed by atoms with E-state index in [9.17, 15) is 9.59 Å². The number of ether oxygens (including phenoxy) is 1. The normalized spacial score (nSPS) is 12.1. The molecule has 0 aliphatic carbocycles. The number of amides is 1. The molecule has 15 heavy (non-hydrogen) atoms. The van der Waals surface area contributed by atoms with Gasteiger partial charge in [-0.15, -0.1) is 0 Å². The van der Waals surface area contributed by atoms with Crippen LogP contribution in [0.2, 0.25) is 0 Å². The third kappa shape index (κ3) is 4.32. The highest BCUT2D eigenvalue weighted by atomic mass is 16.6. The largest absolute Gasteiger partial charge is 0.444 e. The summed E-state index contributed by atoms with van der Waals surface area (Å²) in [5.74, 6) is 0. The first-order chi connectivity index (χ1) is 6.64. The maximum atomic E-state index is 11.7. The minimum atomic E-state index is -0.822. The van der Waals surface area contributed by atoms with Crippen molar-refractivity contribution in [2.45, 2.75) is 52.7 Å². The number of hydrogen-bond donors (Lipinski definition) is 0. The van der Waals surface area contributed by atoms with Crippen LogP contribution in [-0.4, -0.2) is 35.0 Å². The molecule has 0 heterocycles. The van der Waals surface area contributed by atoms with Gasteiger partial charge in [0, 0.05) is 6.54 Å². The molecular formula is C11H21NO3. The molecule has 0 aromatic rings. The van der Waals surface area contributed by atoms with Crippen molar-refractivity contribution in [3.05, 3.63) is 0 Å². The Hall–Kier alpha value is -1.06. The minimum Gasteiger partial charge on any atom is -0.444 e. The van der Waals surface area contributed by atoms with Gasteiger partial charge in [-0.2, -0.15) is 0 Å². The maximum Gasteiger partial charge on any atom is 0.411 e. The zero-order valence-corrected chi connectivity index (χ0v) is 10.5. The second-order valence-electron chi connectivity index (χ2n) is 5.00. The molecule has 0 aromatic heterocycles. The molecule has 0 spiro atoms. The molecule has 0 bridgehead atoms. The monoisotopic (exact) mass is 215 g/mol. The van der Waals surface area contributed by atoms with Crippen LogP contribution in [0.5, 0.6) is 0 Å². The fraction of sp³-hybridized carbons (Fsp3) is 0.818. The Morgan fingerprint density at radius 3 is 2.00 bits per heavy atom. The summed E-state index contributed by atoms with van der Waals surface area (Å²) in [6, 6.07) is 0. The summed E-state index contributed by atoms with van der Waals surface area (Å²) in [7, 11) is 0. The van der Waals surface area contributed by atoms with Crippen LogP contribution in [0.1, 0.15) is 41.5 Å². The van der Waals surface area contributed by atoms with Crippen LogP contribution in [-0.2, 0) is 9.53 Å². The van der Waals surface area contributed by atoms with Crippen LogP contribution >= 0.6 is 0 Å². The molecule has 88 valence electrons. The molecule has 0 aromatic carbocycles. The van der Waals surface area contributed by atoms with Gasteiger partial charge in [0.25, 0.3) is 0 Å². The molecule has 4 heteroatoms. The second-order valence-corrected chi connectivity index (χ2v) is 5.00. The molecule has 0 unspecified atom stereocenters. The second kappa shape index (κ2) is 4.64. The quantitative estimate of drug-likeness (QED) is 0.678. The summed E-state index contributed by atoms with van der Waals surface area (Å²) >= 11 is 0. The molecule has 0 aliphatic heterocycles. The molecular weight excluding hydrogens is 194 g/mol. The topological polar surface area (TPSA) is 46.6 Å². The molecule has 0 rings (SSSR count). The van der Waals surface area contributed by atoms with Gasteiger partial charge >= 0.3 is 6.09 Å². The fourth-order valence-electron chi connectivity index (χ4n) is 1.15. The van der Waals surface area contributed by atoms with Crippen LogP contribution < -0.4 is 0 Å². The van der Waals surface area contributed by atoms with Crippen LogP contribution in [0.3, 0.4) is 0 Å². The average Bonchev–Trinajstić information content (AvgIpc) is 2.01. The lowest BCUT2D eigenvalue weighted by Gasteiger charge is -2.34. The first-order valence-electron chi connectivity index (χ1n) is 5.11. The zero-order valence-electron chi connectivity index (χ0n) is 10.5. The van der Waals surface area contributed by atoms with E-state index < -0.39 is 17.2 Å². The smallest absolute Gasteiger partial charge is 0.411 e. The van der Waals surface area contributed by atoms with Gasteiger partial charge in [0.2, 0.25) is 0 Å². The van der Waals surface area contributed by atoms with E-state index in [0.29, 0.717) is 6.54 Å². The summed E-state index contributed by atoms with van der Waals surface area (Å²) in [5, 5.41) is 0. The average molecular weight is 215 g/mol. The summed E-state index contributed by atoms with van der Waals surface area (Å²) in [5.41, 5.74) is -1.36. The van der Waals surface area contributed by atoms with Crippen LogP contribution in [0.25, 0.3) is 0 Å². The van der Waals surface area contributed by atoms with E-state index >= 15 is 0 Å². The summed E-state index contributed by atoms with van der Waals surface area (Å²) in [6.45, 7) is 11.0. The standard InChI is InChI=1S/C11H21NO3/c1-7-12(11(5,6)8-13)9(14)15-10(2,3)4/h8H,7H2,1-6H3. The van der Waals surface area contributed by atoms with Crippen molar-refractivity contribution < 1.29 is 14.3 Å². The molecule has 4 nitrogen and oxygen atoms in total. The summed E-state index contributed by atoms with van der Waals surface area (Å²) in [6.07, 6.45) is 0.294. The van der Waals surface area contributed by atoms with Gasteiger partial charge in [-0.3, -0.25) is 4.90 Å². The molecule has 0 saturated heterocycles. The number of hydrogen-bond acceptors (Lipinski definition) is 3.